The van der Waals surface area contributed by atoms with E-state index in [2.05, 4.69) is 9.97 Å². The average Bonchev–Trinajstić information content (AvgIpc) is 2.62. The van der Waals surface area contributed by atoms with E-state index in [1.54, 1.807) is 6.07 Å². The Balaban J connectivity index is 1.81. The van der Waals surface area contributed by atoms with Crippen LogP contribution in [0.15, 0.2) is 71.5 Å². The number of aromatic amines is 1. The van der Waals surface area contributed by atoms with Crippen LogP contribution in [0.1, 0.15) is 11.3 Å². The second-order valence-electron chi connectivity index (χ2n) is 5.56. The molecule has 0 unspecified atom stereocenters. The average molecular weight is 314 g/mol. The summed E-state index contributed by atoms with van der Waals surface area (Å²) in [4.78, 5) is 19.2. The van der Waals surface area contributed by atoms with Crippen molar-refractivity contribution in [3.63, 3.8) is 0 Å². The molecule has 0 aliphatic rings. The van der Waals surface area contributed by atoms with Crippen molar-refractivity contribution in [2.24, 2.45) is 0 Å². The molecule has 0 saturated carbocycles. The Labute approximate surface area is 137 Å². The smallest absolute Gasteiger partial charge is 0.274 e. The Morgan fingerprint density at radius 1 is 0.958 bits per heavy atom. The quantitative estimate of drug-likeness (QED) is 0.547. The minimum absolute atomic E-state index is 0.00836. The molecular formula is C20H14N2O2. The fourth-order valence-electron chi connectivity index (χ4n) is 2.70. The van der Waals surface area contributed by atoms with Gasteiger partial charge in [0.15, 0.2) is 0 Å². The number of hydrogen-bond acceptors (Lipinski definition) is 3. The summed E-state index contributed by atoms with van der Waals surface area (Å²) in [5.74, 6) is 0.00836. The van der Waals surface area contributed by atoms with Gasteiger partial charge in [0.1, 0.15) is 11.5 Å². The molecule has 0 amide bonds. The molecule has 4 heteroatoms. The summed E-state index contributed by atoms with van der Waals surface area (Å²) >= 11 is 0. The predicted octanol–water partition coefficient (Wildman–Crippen LogP) is 4.13. The van der Waals surface area contributed by atoms with Crippen molar-refractivity contribution in [3.05, 3.63) is 88.3 Å². The molecule has 24 heavy (non-hydrogen) atoms. The second kappa shape index (κ2) is 5.66. The predicted molar refractivity (Wildman–Crippen MR) is 96.8 cm³/mol. The first-order chi connectivity index (χ1) is 11.7. The normalized spacial score (nSPS) is 11.9. The van der Waals surface area contributed by atoms with Crippen molar-refractivity contribution in [2.45, 2.75) is 0 Å². The summed E-state index contributed by atoms with van der Waals surface area (Å²) < 4.78 is 0. The zero-order chi connectivity index (χ0) is 16.5. The van der Waals surface area contributed by atoms with Gasteiger partial charge in [-0.15, -0.1) is 0 Å². The van der Waals surface area contributed by atoms with Crippen LogP contribution in [0, 0.1) is 0 Å². The van der Waals surface area contributed by atoms with Gasteiger partial charge in [0.25, 0.3) is 5.56 Å². The van der Waals surface area contributed by atoms with Crippen LogP contribution >= 0.6 is 0 Å². The van der Waals surface area contributed by atoms with Gasteiger partial charge < -0.3 is 10.1 Å². The van der Waals surface area contributed by atoms with E-state index < -0.39 is 0 Å². The van der Waals surface area contributed by atoms with E-state index in [1.165, 1.54) is 6.08 Å². The van der Waals surface area contributed by atoms with Gasteiger partial charge in [0, 0.05) is 11.6 Å². The molecule has 116 valence electrons. The van der Waals surface area contributed by atoms with E-state index in [0.717, 1.165) is 10.8 Å². The number of aliphatic hydroxyl groups is 1. The lowest BCUT2D eigenvalue weighted by Gasteiger charge is -2.04. The first-order valence-corrected chi connectivity index (χ1v) is 7.60. The van der Waals surface area contributed by atoms with Crippen LogP contribution in [0.5, 0.6) is 0 Å². The van der Waals surface area contributed by atoms with E-state index in [1.807, 2.05) is 60.7 Å². The molecule has 3 aromatic carbocycles. The summed E-state index contributed by atoms with van der Waals surface area (Å²) in [7, 11) is 0. The van der Waals surface area contributed by atoms with Gasteiger partial charge in [-0.2, -0.15) is 0 Å². The molecule has 1 heterocycles. The summed E-state index contributed by atoms with van der Waals surface area (Å²) in [6.45, 7) is 0. The molecule has 0 spiro atoms. The SMILES string of the molecule is O=c1[nH]c2ccccc2nc1C=C(O)c1ccc2ccccc2c1. The van der Waals surface area contributed by atoms with Crippen LogP contribution in [0.3, 0.4) is 0 Å². The fraction of sp³-hybridized carbons (Fsp3) is 0. The van der Waals surface area contributed by atoms with E-state index >= 15 is 0 Å². The first kappa shape index (κ1) is 14.2. The van der Waals surface area contributed by atoms with Crippen LogP contribution in [0.4, 0.5) is 0 Å². The highest BCUT2D eigenvalue weighted by molar-refractivity contribution is 5.87. The Morgan fingerprint density at radius 3 is 2.58 bits per heavy atom. The highest BCUT2D eigenvalue weighted by Crippen LogP contribution is 2.21. The molecule has 1 aromatic heterocycles. The van der Waals surface area contributed by atoms with Crippen LogP contribution in [0.25, 0.3) is 33.6 Å². The molecule has 0 saturated heterocycles. The zero-order valence-corrected chi connectivity index (χ0v) is 12.7. The van der Waals surface area contributed by atoms with Gasteiger partial charge in [-0.3, -0.25) is 4.79 Å². The maximum absolute atomic E-state index is 12.1. The number of benzene rings is 3. The minimum Gasteiger partial charge on any atom is -0.507 e. The molecule has 0 atom stereocenters. The maximum Gasteiger partial charge on any atom is 0.274 e. The van der Waals surface area contributed by atoms with Gasteiger partial charge in [0.2, 0.25) is 0 Å². The third kappa shape index (κ3) is 2.54. The first-order valence-electron chi connectivity index (χ1n) is 7.60. The Kier molecular flexibility index (Phi) is 3.35. The highest BCUT2D eigenvalue weighted by Gasteiger charge is 2.06. The van der Waals surface area contributed by atoms with E-state index in [4.69, 9.17) is 0 Å². The van der Waals surface area contributed by atoms with Gasteiger partial charge in [-0.1, -0.05) is 48.5 Å². The van der Waals surface area contributed by atoms with Crippen molar-refractivity contribution in [1.82, 2.24) is 9.97 Å². The van der Waals surface area contributed by atoms with Crippen LogP contribution < -0.4 is 5.56 Å². The largest absolute Gasteiger partial charge is 0.507 e. The molecule has 2 N–H and O–H groups in total. The lowest BCUT2D eigenvalue weighted by atomic mass is 10.1. The molecule has 0 radical (unpaired) electrons. The number of aromatic nitrogens is 2. The van der Waals surface area contributed by atoms with Crippen LogP contribution in [-0.2, 0) is 0 Å². The number of hydrogen-bond donors (Lipinski definition) is 2. The number of fused-ring (bicyclic) bond motifs is 2. The minimum atomic E-state index is -0.332. The van der Waals surface area contributed by atoms with Crippen molar-refractivity contribution in [1.29, 1.82) is 0 Å². The lowest BCUT2D eigenvalue weighted by Crippen LogP contribution is -2.12. The second-order valence-corrected chi connectivity index (χ2v) is 5.56. The van der Waals surface area contributed by atoms with Crippen molar-refractivity contribution >= 4 is 33.6 Å². The summed E-state index contributed by atoms with van der Waals surface area (Å²) in [6, 6.07) is 20.8. The number of aliphatic hydroxyl groups excluding tert-OH is 1. The number of rotatable bonds is 2. The van der Waals surface area contributed by atoms with Gasteiger partial charge in [-0.25, -0.2) is 4.98 Å². The van der Waals surface area contributed by atoms with Crippen LogP contribution in [0.2, 0.25) is 0 Å². The third-order valence-electron chi connectivity index (χ3n) is 3.94. The Morgan fingerprint density at radius 2 is 1.71 bits per heavy atom. The third-order valence-corrected chi connectivity index (χ3v) is 3.94. The molecule has 4 nitrogen and oxygen atoms in total. The standard InChI is InChI=1S/C20H14N2O2/c23-19(15-10-9-13-5-1-2-6-14(13)11-15)12-18-20(24)22-17-8-4-3-7-16(17)21-18/h1-12,23H,(H,22,24). The molecule has 0 aliphatic heterocycles. The summed E-state index contributed by atoms with van der Waals surface area (Å²) in [5.41, 5.74) is 1.84. The monoisotopic (exact) mass is 314 g/mol. The van der Waals surface area contributed by atoms with E-state index in [-0.39, 0.29) is 17.0 Å². The summed E-state index contributed by atoms with van der Waals surface area (Å²) in [5, 5.41) is 12.5. The molecule has 0 aliphatic carbocycles. The van der Waals surface area contributed by atoms with Crippen molar-refractivity contribution < 1.29 is 5.11 Å². The molecule has 4 rings (SSSR count). The number of para-hydroxylation sites is 2. The van der Waals surface area contributed by atoms with Crippen molar-refractivity contribution in [2.75, 3.05) is 0 Å². The van der Waals surface area contributed by atoms with Gasteiger partial charge >= 0.3 is 0 Å². The van der Waals surface area contributed by atoms with E-state index in [0.29, 0.717) is 16.6 Å². The number of nitrogens with one attached hydrogen (secondary N) is 1. The Bertz CT molecular complexity index is 1140. The molecule has 0 fully saturated rings. The number of nitrogens with zero attached hydrogens (tertiary/aromatic N) is 1. The van der Waals surface area contributed by atoms with E-state index in [9.17, 15) is 9.90 Å². The van der Waals surface area contributed by atoms with Gasteiger partial charge in [-0.05, 0) is 29.0 Å². The lowest BCUT2D eigenvalue weighted by molar-refractivity contribution is 0.515. The van der Waals surface area contributed by atoms with Crippen molar-refractivity contribution in [3.8, 4) is 0 Å². The Hall–Kier alpha value is -3.40. The highest BCUT2D eigenvalue weighted by atomic mass is 16.3. The molecular weight excluding hydrogens is 300 g/mol. The summed E-state index contributed by atoms with van der Waals surface area (Å²) in [6.07, 6.45) is 1.40. The molecule has 0 bridgehead atoms. The topological polar surface area (TPSA) is 66.0 Å². The maximum atomic E-state index is 12.1. The fourth-order valence-corrected chi connectivity index (χ4v) is 2.70. The number of H-pyrrole nitrogens is 1. The van der Waals surface area contributed by atoms with Crippen LogP contribution in [-0.4, -0.2) is 15.1 Å². The van der Waals surface area contributed by atoms with Gasteiger partial charge in [0.05, 0.1) is 11.0 Å². The zero-order valence-electron chi connectivity index (χ0n) is 12.7. The molecule has 4 aromatic rings.